The SMILES string of the molecule is c1ccc(-c2cc(-c3ccc4c5ccccc5n(-c5ccccc5)c4c3)c(-c3ccccc3)c3c2-c2cccc4cccc-3c24)cc1. The van der Waals surface area contributed by atoms with E-state index in [0.717, 1.165) is 0 Å². The van der Waals surface area contributed by atoms with Crippen molar-refractivity contribution in [3.63, 3.8) is 0 Å². The van der Waals surface area contributed by atoms with Crippen LogP contribution in [0, 0.1) is 0 Å². The van der Waals surface area contributed by atoms with Gasteiger partial charge in [-0.15, -0.1) is 0 Å². The fourth-order valence-corrected chi connectivity index (χ4v) is 7.96. The normalized spacial score (nSPS) is 11.8. The average Bonchev–Trinajstić information content (AvgIpc) is 3.66. The summed E-state index contributed by atoms with van der Waals surface area (Å²) in [5, 5.41) is 5.15. The van der Waals surface area contributed by atoms with Gasteiger partial charge in [-0.1, -0.05) is 146 Å². The highest BCUT2D eigenvalue weighted by molar-refractivity contribution is 6.23. The Morgan fingerprint density at radius 1 is 0.319 bits per heavy atom. The molecule has 1 aromatic heterocycles. The topological polar surface area (TPSA) is 4.93 Å². The first-order chi connectivity index (χ1) is 23.3. The molecule has 0 radical (unpaired) electrons. The molecule has 1 aliphatic rings. The van der Waals surface area contributed by atoms with Crippen LogP contribution in [0.4, 0.5) is 0 Å². The Kier molecular flexibility index (Phi) is 5.64. The zero-order valence-electron chi connectivity index (χ0n) is 25.7. The van der Waals surface area contributed by atoms with Crippen molar-refractivity contribution in [3.8, 4) is 61.3 Å². The van der Waals surface area contributed by atoms with Crippen molar-refractivity contribution in [2.75, 3.05) is 0 Å². The van der Waals surface area contributed by atoms with Crippen molar-refractivity contribution in [1.82, 2.24) is 4.57 Å². The molecule has 0 atom stereocenters. The maximum atomic E-state index is 2.46. The zero-order chi connectivity index (χ0) is 30.9. The third kappa shape index (κ3) is 3.84. The highest BCUT2D eigenvalue weighted by Gasteiger charge is 2.30. The molecule has 0 fully saturated rings. The first-order valence-electron chi connectivity index (χ1n) is 16.3. The van der Waals surface area contributed by atoms with Crippen molar-refractivity contribution < 1.29 is 0 Å². The van der Waals surface area contributed by atoms with Gasteiger partial charge < -0.3 is 4.57 Å². The molecule has 0 amide bonds. The molecule has 9 aromatic rings. The fraction of sp³-hybridized carbons (Fsp3) is 0. The minimum absolute atomic E-state index is 1.17. The van der Waals surface area contributed by atoms with Crippen LogP contribution in [0.15, 0.2) is 176 Å². The van der Waals surface area contributed by atoms with Crippen LogP contribution in [-0.2, 0) is 0 Å². The molecule has 8 aromatic carbocycles. The standard InChI is InChI=1S/C46H29N/c1-4-14-30(15-5-1)39-29-40(33-26-27-36-35-22-10-11-25-41(35)47(42(36)28-33)34-20-8-3-9-21-34)44(32-16-6-2-7-17-32)46-38-24-13-19-31-18-12-23-37(43(31)38)45(39)46/h1-29H. The third-order valence-electron chi connectivity index (χ3n) is 9.92. The minimum Gasteiger partial charge on any atom is -0.309 e. The fourth-order valence-electron chi connectivity index (χ4n) is 7.96. The minimum atomic E-state index is 1.17. The van der Waals surface area contributed by atoms with Crippen molar-refractivity contribution in [2.24, 2.45) is 0 Å². The molecular formula is C46H29N. The highest BCUT2D eigenvalue weighted by atomic mass is 15.0. The Balaban J connectivity index is 1.36. The number of fused-ring (bicyclic) bond motifs is 6. The van der Waals surface area contributed by atoms with Gasteiger partial charge in [-0.25, -0.2) is 0 Å². The molecule has 0 spiro atoms. The maximum absolute atomic E-state index is 2.46. The van der Waals surface area contributed by atoms with E-state index in [0.29, 0.717) is 0 Å². The second kappa shape index (κ2) is 10.2. The lowest BCUT2D eigenvalue weighted by molar-refractivity contribution is 1.18. The van der Waals surface area contributed by atoms with E-state index in [1.54, 1.807) is 0 Å². The first kappa shape index (κ1) is 26.1. The summed E-state index contributed by atoms with van der Waals surface area (Å²) in [6.07, 6.45) is 0. The van der Waals surface area contributed by atoms with Crippen molar-refractivity contribution >= 4 is 32.6 Å². The van der Waals surface area contributed by atoms with E-state index in [-0.39, 0.29) is 0 Å². The molecule has 0 saturated heterocycles. The molecule has 1 heteroatoms. The number of benzene rings is 8. The zero-order valence-corrected chi connectivity index (χ0v) is 25.7. The molecule has 0 saturated carbocycles. The Morgan fingerprint density at radius 3 is 1.66 bits per heavy atom. The molecule has 0 aliphatic heterocycles. The second-order valence-electron chi connectivity index (χ2n) is 12.5. The predicted octanol–water partition coefficient (Wildman–Crippen LogP) is 12.6. The van der Waals surface area contributed by atoms with Crippen LogP contribution in [0.2, 0.25) is 0 Å². The molecule has 47 heavy (non-hydrogen) atoms. The van der Waals surface area contributed by atoms with Crippen LogP contribution in [-0.4, -0.2) is 4.57 Å². The number of aromatic nitrogens is 1. The van der Waals surface area contributed by atoms with E-state index in [9.17, 15) is 0 Å². The lowest BCUT2D eigenvalue weighted by Crippen LogP contribution is -1.96. The smallest absolute Gasteiger partial charge is 0.0547 e. The van der Waals surface area contributed by atoms with Gasteiger partial charge in [-0.05, 0) is 96.7 Å². The number of hydrogen-bond acceptors (Lipinski definition) is 0. The molecule has 1 heterocycles. The summed E-state index contributed by atoms with van der Waals surface area (Å²) in [5.41, 5.74) is 16.3. The van der Waals surface area contributed by atoms with E-state index in [4.69, 9.17) is 0 Å². The van der Waals surface area contributed by atoms with Gasteiger partial charge in [-0.3, -0.25) is 0 Å². The predicted molar refractivity (Wildman–Crippen MR) is 199 cm³/mol. The molecule has 10 rings (SSSR count). The quantitative estimate of drug-likeness (QED) is 0.191. The van der Waals surface area contributed by atoms with Crippen molar-refractivity contribution in [2.45, 2.75) is 0 Å². The highest BCUT2D eigenvalue weighted by Crippen LogP contribution is 2.57. The van der Waals surface area contributed by atoms with Gasteiger partial charge in [0.25, 0.3) is 0 Å². The number of para-hydroxylation sites is 2. The molecule has 0 bridgehead atoms. The summed E-state index contributed by atoms with van der Waals surface area (Å²) in [6, 6.07) is 64.4. The Hall–Kier alpha value is -6.18. The summed E-state index contributed by atoms with van der Waals surface area (Å²) in [7, 11) is 0. The van der Waals surface area contributed by atoms with Gasteiger partial charge in [0.1, 0.15) is 0 Å². The van der Waals surface area contributed by atoms with Gasteiger partial charge in [0, 0.05) is 16.5 Å². The molecule has 1 nitrogen and oxygen atoms in total. The van der Waals surface area contributed by atoms with Gasteiger partial charge >= 0.3 is 0 Å². The largest absolute Gasteiger partial charge is 0.309 e. The van der Waals surface area contributed by atoms with Crippen molar-refractivity contribution in [1.29, 1.82) is 0 Å². The van der Waals surface area contributed by atoms with Gasteiger partial charge in [0.05, 0.1) is 11.0 Å². The summed E-state index contributed by atoms with van der Waals surface area (Å²) in [4.78, 5) is 0. The summed E-state index contributed by atoms with van der Waals surface area (Å²) in [5.74, 6) is 0. The maximum Gasteiger partial charge on any atom is 0.0547 e. The van der Waals surface area contributed by atoms with Crippen LogP contribution in [0.5, 0.6) is 0 Å². The summed E-state index contributed by atoms with van der Waals surface area (Å²) < 4.78 is 2.42. The lowest BCUT2D eigenvalue weighted by atomic mass is 9.82. The molecule has 0 N–H and O–H groups in total. The van der Waals surface area contributed by atoms with Gasteiger partial charge in [0.2, 0.25) is 0 Å². The monoisotopic (exact) mass is 595 g/mol. The van der Waals surface area contributed by atoms with Crippen LogP contribution in [0.3, 0.4) is 0 Å². The first-order valence-corrected chi connectivity index (χ1v) is 16.3. The van der Waals surface area contributed by atoms with E-state index in [2.05, 4.69) is 180 Å². The van der Waals surface area contributed by atoms with E-state index < -0.39 is 0 Å². The molecule has 0 unspecified atom stereocenters. The van der Waals surface area contributed by atoms with Crippen LogP contribution < -0.4 is 0 Å². The van der Waals surface area contributed by atoms with E-state index >= 15 is 0 Å². The number of nitrogens with zero attached hydrogens (tertiary/aromatic N) is 1. The molecule has 218 valence electrons. The summed E-state index contributed by atoms with van der Waals surface area (Å²) >= 11 is 0. The second-order valence-corrected chi connectivity index (χ2v) is 12.5. The molecular weight excluding hydrogens is 567 g/mol. The van der Waals surface area contributed by atoms with E-state index in [1.165, 1.54) is 93.9 Å². The van der Waals surface area contributed by atoms with E-state index in [1.807, 2.05) is 0 Å². The third-order valence-corrected chi connectivity index (χ3v) is 9.92. The van der Waals surface area contributed by atoms with Crippen LogP contribution in [0.25, 0.3) is 93.9 Å². The Bertz CT molecular complexity index is 2640. The lowest BCUT2D eigenvalue weighted by Gasteiger charge is -2.21. The molecule has 1 aliphatic carbocycles. The van der Waals surface area contributed by atoms with Gasteiger partial charge in [0.15, 0.2) is 0 Å². The van der Waals surface area contributed by atoms with Gasteiger partial charge in [-0.2, -0.15) is 0 Å². The average molecular weight is 596 g/mol. The Morgan fingerprint density at radius 2 is 0.915 bits per heavy atom. The Labute approximate surface area is 273 Å². The summed E-state index contributed by atoms with van der Waals surface area (Å²) in [6.45, 7) is 0. The van der Waals surface area contributed by atoms with Crippen LogP contribution in [0.1, 0.15) is 0 Å². The van der Waals surface area contributed by atoms with Crippen LogP contribution >= 0.6 is 0 Å². The number of hydrogen-bond donors (Lipinski definition) is 0. The number of rotatable bonds is 4. The van der Waals surface area contributed by atoms with Crippen molar-refractivity contribution in [3.05, 3.63) is 176 Å².